The molecule has 1 fully saturated rings. The number of aliphatic imine (C=N–C) groups is 1. The Hall–Kier alpha value is -1.00. The Morgan fingerprint density at radius 1 is 1.37 bits per heavy atom. The van der Waals surface area contributed by atoms with E-state index in [1.54, 1.807) is 0 Å². The zero-order valence-corrected chi connectivity index (χ0v) is 12.1. The first-order chi connectivity index (χ1) is 9.31. The van der Waals surface area contributed by atoms with E-state index in [4.69, 9.17) is 4.74 Å². The van der Waals surface area contributed by atoms with Crippen LogP contribution in [0.4, 0.5) is 0 Å². The molecule has 3 rings (SSSR count). The summed E-state index contributed by atoms with van der Waals surface area (Å²) in [5, 5.41) is 4.99. The Labute approximate surface area is 118 Å². The van der Waals surface area contributed by atoms with Gasteiger partial charge in [0.15, 0.2) is 5.17 Å². The fourth-order valence-corrected chi connectivity index (χ4v) is 3.59. The van der Waals surface area contributed by atoms with Crippen LogP contribution in [0.1, 0.15) is 30.1 Å². The number of thioether (sulfide) groups is 1. The predicted octanol–water partition coefficient (Wildman–Crippen LogP) is 2.99. The molecule has 1 aromatic rings. The van der Waals surface area contributed by atoms with Crippen molar-refractivity contribution in [2.75, 3.05) is 20.2 Å². The van der Waals surface area contributed by atoms with Crippen molar-refractivity contribution in [1.29, 1.82) is 0 Å². The molecule has 1 N–H and O–H groups in total. The highest BCUT2D eigenvalue weighted by molar-refractivity contribution is 8.14. The van der Waals surface area contributed by atoms with Crippen LogP contribution in [0.2, 0.25) is 0 Å². The highest BCUT2D eigenvalue weighted by Gasteiger charge is 2.37. The van der Waals surface area contributed by atoms with E-state index in [2.05, 4.69) is 40.6 Å². The van der Waals surface area contributed by atoms with Gasteiger partial charge in [0.05, 0.1) is 17.4 Å². The second-order valence-corrected chi connectivity index (χ2v) is 6.45. The van der Waals surface area contributed by atoms with Crippen LogP contribution >= 0.6 is 11.8 Å². The fourth-order valence-electron chi connectivity index (χ4n) is 2.57. The minimum absolute atomic E-state index is 0.0634. The summed E-state index contributed by atoms with van der Waals surface area (Å²) in [5.41, 5.74) is 1.42. The lowest BCUT2D eigenvalue weighted by Crippen LogP contribution is -2.48. The van der Waals surface area contributed by atoms with Crippen molar-refractivity contribution >= 4 is 16.9 Å². The number of ether oxygens (including phenoxy) is 1. The van der Waals surface area contributed by atoms with Crippen LogP contribution in [-0.2, 0) is 4.74 Å². The summed E-state index contributed by atoms with van der Waals surface area (Å²) in [6.07, 6.45) is 3.61. The molecule has 1 saturated carbocycles. The molecule has 102 valence electrons. The molecule has 3 nitrogen and oxygen atoms in total. The normalized spacial score (nSPS) is 24.7. The van der Waals surface area contributed by atoms with E-state index in [0.717, 1.165) is 31.1 Å². The van der Waals surface area contributed by atoms with E-state index in [1.807, 2.05) is 18.9 Å². The van der Waals surface area contributed by atoms with Crippen molar-refractivity contribution in [2.24, 2.45) is 4.99 Å². The van der Waals surface area contributed by atoms with Gasteiger partial charge in [-0.2, -0.15) is 0 Å². The summed E-state index contributed by atoms with van der Waals surface area (Å²) in [6.45, 7) is 1.76. The number of rotatable bonds is 4. The van der Waals surface area contributed by atoms with Crippen LogP contribution in [0.25, 0.3) is 0 Å². The molecule has 1 aliphatic heterocycles. The smallest absolute Gasteiger partial charge is 0.157 e. The average molecular weight is 276 g/mol. The second-order valence-electron chi connectivity index (χ2n) is 5.26. The molecule has 1 heterocycles. The van der Waals surface area contributed by atoms with Crippen LogP contribution in [0.3, 0.4) is 0 Å². The summed E-state index contributed by atoms with van der Waals surface area (Å²) in [5.74, 6) is 0. The third-order valence-corrected chi connectivity index (χ3v) is 5.29. The SMILES string of the molecule is COC1(CNC2=NCC(c3ccccc3)S2)CCC1. The lowest BCUT2D eigenvalue weighted by molar-refractivity contribution is -0.0663. The average Bonchev–Trinajstić information content (AvgIpc) is 2.88. The molecule has 1 aromatic carbocycles. The maximum atomic E-state index is 5.62. The Morgan fingerprint density at radius 3 is 2.79 bits per heavy atom. The monoisotopic (exact) mass is 276 g/mol. The second kappa shape index (κ2) is 5.55. The number of benzene rings is 1. The maximum absolute atomic E-state index is 5.62. The first-order valence-corrected chi connectivity index (χ1v) is 7.74. The van der Waals surface area contributed by atoms with Crippen molar-refractivity contribution < 1.29 is 4.74 Å². The van der Waals surface area contributed by atoms with E-state index < -0.39 is 0 Å². The summed E-state index contributed by atoms with van der Waals surface area (Å²) in [6, 6.07) is 10.6. The van der Waals surface area contributed by atoms with Crippen LogP contribution in [0.5, 0.6) is 0 Å². The molecular weight excluding hydrogens is 256 g/mol. The number of nitrogens with one attached hydrogen (secondary N) is 1. The van der Waals surface area contributed by atoms with Crippen molar-refractivity contribution in [3.8, 4) is 0 Å². The molecule has 0 spiro atoms. The Bertz CT molecular complexity index is 451. The van der Waals surface area contributed by atoms with Crippen molar-refractivity contribution in [2.45, 2.75) is 30.1 Å². The van der Waals surface area contributed by atoms with E-state index >= 15 is 0 Å². The molecule has 0 aromatic heterocycles. The lowest BCUT2D eigenvalue weighted by Gasteiger charge is -2.40. The molecule has 1 aliphatic carbocycles. The summed E-state index contributed by atoms with van der Waals surface area (Å²) >= 11 is 1.83. The van der Waals surface area contributed by atoms with Crippen LogP contribution in [-0.4, -0.2) is 31.0 Å². The Balaban J connectivity index is 1.52. The molecule has 2 aliphatic rings. The summed E-state index contributed by atoms with van der Waals surface area (Å²) in [7, 11) is 1.82. The largest absolute Gasteiger partial charge is 0.376 e. The fraction of sp³-hybridized carbons (Fsp3) is 0.533. The molecule has 19 heavy (non-hydrogen) atoms. The van der Waals surface area contributed by atoms with Gasteiger partial charge in [0, 0.05) is 13.7 Å². The van der Waals surface area contributed by atoms with Gasteiger partial charge in [-0.15, -0.1) is 0 Å². The molecule has 0 saturated heterocycles. The third-order valence-electron chi connectivity index (χ3n) is 4.09. The van der Waals surface area contributed by atoms with Gasteiger partial charge in [0.2, 0.25) is 0 Å². The Kier molecular flexibility index (Phi) is 3.80. The van der Waals surface area contributed by atoms with Crippen molar-refractivity contribution in [1.82, 2.24) is 5.32 Å². The van der Waals surface area contributed by atoms with Crippen molar-refractivity contribution in [3.63, 3.8) is 0 Å². The van der Waals surface area contributed by atoms with Crippen LogP contribution < -0.4 is 5.32 Å². The van der Waals surface area contributed by atoms with E-state index in [-0.39, 0.29) is 5.60 Å². The molecule has 0 amide bonds. The zero-order chi connectivity index (χ0) is 13.1. The minimum Gasteiger partial charge on any atom is -0.376 e. The van der Waals surface area contributed by atoms with Gasteiger partial charge in [0.1, 0.15) is 0 Å². The maximum Gasteiger partial charge on any atom is 0.157 e. The van der Waals surface area contributed by atoms with Gasteiger partial charge in [0.25, 0.3) is 0 Å². The first-order valence-electron chi connectivity index (χ1n) is 6.86. The number of hydrogen-bond donors (Lipinski definition) is 1. The molecule has 4 heteroatoms. The van der Waals surface area contributed by atoms with Gasteiger partial charge < -0.3 is 10.1 Å². The van der Waals surface area contributed by atoms with E-state index in [1.165, 1.54) is 12.0 Å². The first kappa shape index (κ1) is 13.0. The molecule has 0 radical (unpaired) electrons. The minimum atomic E-state index is 0.0634. The van der Waals surface area contributed by atoms with Crippen LogP contribution in [0, 0.1) is 0 Å². The molecule has 0 bridgehead atoms. The van der Waals surface area contributed by atoms with E-state index in [9.17, 15) is 0 Å². The van der Waals surface area contributed by atoms with Crippen molar-refractivity contribution in [3.05, 3.63) is 35.9 Å². The van der Waals surface area contributed by atoms with Gasteiger partial charge in [-0.25, -0.2) is 0 Å². The highest BCUT2D eigenvalue weighted by Crippen LogP contribution is 2.36. The van der Waals surface area contributed by atoms with E-state index in [0.29, 0.717) is 5.25 Å². The van der Waals surface area contributed by atoms with Gasteiger partial charge in [-0.3, -0.25) is 4.99 Å². The standard InChI is InChI=1S/C15H20N2OS/c1-18-15(8-5-9-15)11-17-14-16-10-13(19-14)12-6-3-2-4-7-12/h2-4,6-7,13H,5,8-11H2,1H3,(H,16,17). The molecular formula is C15H20N2OS. The summed E-state index contributed by atoms with van der Waals surface area (Å²) < 4.78 is 5.62. The zero-order valence-electron chi connectivity index (χ0n) is 11.3. The number of amidine groups is 1. The topological polar surface area (TPSA) is 33.6 Å². The molecule has 1 unspecified atom stereocenters. The molecule has 1 atom stereocenters. The number of hydrogen-bond acceptors (Lipinski definition) is 4. The quantitative estimate of drug-likeness (QED) is 0.918. The van der Waals surface area contributed by atoms with Gasteiger partial charge in [-0.1, -0.05) is 42.1 Å². The Morgan fingerprint density at radius 2 is 2.16 bits per heavy atom. The number of nitrogens with zero attached hydrogens (tertiary/aromatic N) is 1. The number of methoxy groups -OCH3 is 1. The predicted molar refractivity (Wildman–Crippen MR) is 80.7 cm³/mol. The third kappa shape index (κ3) is 2.79. The van der Waals surface area contributed by atoms with Gasteiger partial charge >= 0.3 is 0 Å². The lowest BCUT2D eigenvalue weighted by atomic mass is 9.80. The van der Waals surface area contributed by atoms with Crippen LogP contribution in [0.15, 0.2) is 35.3 Å². The highest BCUT2D eigenvalue weighted by atomic mass is 32.2. The summed E-state index contributed by atoms with van der Waals surface area (Å²) in [4.78, 5) is 4.60. The van der Waals surface area contributed by atoms with Gasteiger partial charge in [-0.05, 0) is 24.8 Å².